The zero-order valence-corrected chi connectivity index (χ0v) is 16.3. The predicted octanol–water partition coefficient (Wildman–Crippen LogP) is 4.05. The van der Waals surface area contributed by atoms with E-state index in [1.807, 2.05) is 0 Å². The number of anilines is 2. The number of sulfonamides is 1. The number of rotatable bonds is 6. The Morgan fingerprint density at radius 1 is 1.15 bits per heavy atom. The van der Waals surface area contributed by atoms with Crippen molar-refractivity contribution in [3.8, 4) is 0 Å². The fourth-order valence-electron chi connectivity index (χ4n) is 1.95. The molecule has 6 nitrogen and oxygen atoms in total. The van der Waals surface area contributed by atoms with Crippen LogP contribution in [-0.4, -0.2) is 24.6 Å². The molecule has 11 heteroatoms. The standard InChI is InChI=1S/C16H18F3N3O3S2/c1-9(2)27(24,25)22-12-6-4-11(5-7-12)10(3)14(23)21-15-20-13(8-26-15)16(17,18)19/h4-10,22H,1-3H3,(H,20,21,23). The smallest absolute Gasteiger partial charge is 0.301 e. The Hall–Kier alpha value is -2.14. The van der Waals surface area contributed by atoms with Crippen LogP contribution in [0.1, 0.15) is 37.9 Å². The summed E-state index contributed by atoms with van der Waals surface area (Å²) in [5, 5.41) is 2.45. The van der Waals surface area contributed by atoms with Gasteiger partial charge in [-0.1, -0.05) is 12.1 Å². The monoisotopic (exact) mass is 421 g/mol. The van der Waals surface area contributed by atoms with E-state index in [4.69, 9.17) is 0 Å². The lowest BCUT2D eigenvalue weighted by molar-refractivity contribution is -0.140. The minimum Gasteiger partial charge on any atom is -0.301 e. The van der Waals surface area contributed by atoms with Gasteiger partial charge in [0, 0.05) is 11.1 Å². The molecule has 0 saturated heterocycles. The summed E-state index contributed by atoms with van der Waals surface area (Å²) in [5.74, 6) is -1.19. The molecule has 1 aromatic carbocycles. The first kappa shape index (κ1) is 21.2. The van der Waals surface area contributed by atoms with E-state index in [0.29, 0.717) is 22.6 Å². The lowest BCUT2D eigenvalue weighted by atomic mass is 10.0. The molecule has 1 atom stereocenters. The van der Waals surface area contributed by atoms with E-state index in [2.05, 4.69) is 15.0 Å². The second kappa shape index (κ2) is 7.85. The average Bonchev–Trinajstić information content (AvgIpc) is 3.03. The van der Waals surface area contributed by atoms with E-state index in [9.17, 15) is 26.4 Å². The van der Waals surface area contributed by atoms with Gasteiger partial charge >= 0.3 is 6.18 Å². The van der Waals surface area contributed by atoms with Crippen LogP contribution in [0.25, 0.3) is 0 Å². The number of aromatic nitrogens is 1. The minimum absolute atomic E-state index is 0.138. The quantitative estimate of drug-likeness (QED) is 0.736. The number of amides is 1. The van der Waals surface area contributed by atoms with Gasteiger partial charge in [-0.05, 0) is 38.5 Å². The summed E-state index contributed by atoms with van der Waals surface area (Å²) in [6.07, 6.45) is -4.57. The third-order valence-electron chi connectivity index (χ3n) is 3.71. The number of carbonyl (C=O) groups is 1. The second-order valence-corrected chi connectivity index (χ2v) is 9.16. The SMILES string of the molecule is CC(C(=O)Nc1nc(C(F)(F)F)cs1)c1ccc(NS(=O)(=O)C(C)C)cc1. The summed E-state index contributed by atoms with van der Waals surface area (Å²) in [6, 6.07) is 6.19. The van der Waals surface area contributed by atoms with Crippen LogP contribution in [0, 0.1) is 0 Å². The first-order valence-corrected chi connectivity index (χ1v) is 10.3. The van der Waals surface area contributed by atoms with Crippen LogP contribution in [0.4, 0.5) is 24.0 Å². The molecule has 1 unspecified atom stereocenters. The Morgan fingerprint density at radius 2 is 1.74 bits per heavy atom. The van der Waals surface area contributed by atoms with E-state index in [1.165, 1.54) is 12.1 Å². The summed E-state index contributed by atoms with van der Waals surface area (Å²) in [6.45, 7) is 4.68. The van der Waals surface area contributed by atoms with Crippen molar-refractivity contribution >= 4 is 38.1 Å². The van der Waals surface area contributed by atoms with Gasteiger partial charge in [0.25, 0.3) is 0 Å². The normalized spacial score (nSPS) is 13.4. The highest BCUT2D eigenvalue weighted by Gasteiger charge is 2.34. The third-order valence-corrected chi connectivity index (χ3v) is 6.23. The van der Waals surface area contributed by atoms with Gasteiger partial charge in [0.2, 0.25) is 15.9 Å². The highest BCUT2D eigenvalue weighted by Crippen LogP contribution is 2.32. The van der Waals surface area contributed by atoms with Crippen molar-refractivity contribution in [1.82, 2.24) is 4.98 Å². The molecule has 1 amide bonds. The van der Waals surface area contributed by atoms with Crippen molar-refractivity contribution in [2.45, 2.75) is 38.1 Å². The maximum absolute atomic E-state index is 12.6. The number of nitrogens with zero attached hydrogens (tertiary/aromatic N) is 1. The van der Waals surface area contributed by atoms with Gasteiger partial charge in [0.1, 0.15) is 0 Å². The van der Waals surface area contributed by atoms with Crippen LogP contribution in [0.2, 0.25) is 0 Å². The number of carbonyl (C=O) groups excluding carboxylic acids is 1. The zero-order valence-electron chi connectivity index (χ0n) is 14.7. The molecule has 0 aliphatic carbocycles. The maximum atomic E-state index is 12.6. The Labute approximate surface area is 158 Å². The Balaban J connectivity index is 2.05. The van der Waals surface area contributed by atoms with Crippen molar-refractivity contribution in [2.75, 3.05) is 10.0 Å². The van der Waals surface area contributed by atoms with Crippen LogP contribution < -0.4 is 10.0 Å². The molecule has 0 saturated carbocycles. The molecule has 0 spiro atoms. The molecule has 2 N–H and O–H groups in total. The Kier molecular flexibility index (Phi) is 6.15. The summed E-state index contributed by atoms with van der Waals surface area (Å²) >= 11 is 0.689. The lowest BCUT2D eigenvalue weighted by Gasteiger charge is -2.14. The maximum Gasteiger partial charge on any atom is 0.434 e. The van der Waals surface area contributed by atoms with Crippen LogP contribution >= 0.6 is 11.3 Å². The summed E-state index contributed by atoms with van der Waals surface area (Å²) in [7, 11) is -3.48. The molecule has 2 aromatic rings. The number of halogens is 3. The summed E-state index contributed by atoms with van der Waals surface area (Å²) < 4.78 is 63.8. The second-order valence-electron chi connectivity index (χ2n) is 6.06. The van der Waals surface area contributed by atoms with Crippen LogP contribution in [0.5, 0.6) is 0 Å². The molecule has 148 valence electrons. The number of hydrogen-bond donors (Lipinski definition) is 2. The van der Waals surface area contributed by atoms with Crippen molar-refractivity contribution in [2.24, 2.45) is 0 Å². The van der Waals surface area contributed by atoms with E-state index in [0.717, 1.165) is 5.38 Å². The van der Waals surface area contributed by atoms with Crippen molar-refractivity contribution < 1.29 is 26.4 Å². The van der Waals surface area contributed by atoms with Gasteiger partial charge in [-0.15, -0.1) is 11.3 Å². The lowest BCUT2D eigenvalue weighted by Crippen LogP contribution is -2.22. The first-order chi connectivity index (χ1) is 12.4. The van der Waals surface area contributed by atoms with Crippen LogP contribution in [0.3, 0.4) is 0 Å². The largest absolute Gasteiger partial charge is 0.434 e. The number of nitrogens with one attached hydrogen (secondary N) is 2. The van der Waals surface area contributed by atoms with E-state index < -0.39 is 39.0 Å². The zero-order chi connectivity index (χ0) is 20.4. The molecule has 0 fully saturated rings. The molecule has 0 bridgehead atoms. The number of alkyl halides is 3. The number of thiazole rings is 1. The Bertz CT molecular complexity index is 907. The molecule has 0 radical (unpaired) electrons. The molecule has 0 aliphatic rings. The van der Waals surface area contributed by atoms with Crippen LogP contribution in [0.15, 0.2) is 29.6 Å². The van der Waals surface area contributed by atoms with Crippen LogP contribution in [-0.2, 0) is 21.0 Å². The summed E-state index contributed by atoms with van der Waals surface area (Å²) in [5.41, 5.74) is -0.125. The van der Waals surface area contributed by atoms with Crippen molar-refractivity contribution in [1.29, 1.82) is 0 Å². The van der Waals surface area contributed by atoms with Gasteiger partial charge in [-0.25, -0.2) is 13.4 Å². The van der Waals surface area contributed by atoms with Gasteiger partial charge < -0.3 is 5.32 Å². The summed E-state index contributed by atoms with van der Waals surface area (Å²) in [4.78, 5) is 15.6. The van der Waals surface area contributed by atoms with E-state index in [1.54, 1.807) is 32.9 Å². The van der Waals surface area contributed by atoms with Gasteiger partial charge in [0.15, 0.2) is 10.8 Å². The predicted molar refractivity (Wildman–Crippen MR) is 98.3 cm³/mol. The molecular formula is C16H18F3N3O3S2. The third kappa shape index (κ3) is 5.42. The molecule has 1 heterocycles. The fourth-order valence-corrected chi connectivity index (χ4v) is 3.37. The molecule has 27 heavy (non-hydrogen) atoms. The molecular weight excluding hydrogens is 403 g/mol. The van der Waals surface area contributed by atoms with Gasteiger partial charge in [-0.3, -0.25) is 9.52 Å². The van der Waals surface area contributed by atoms with E-state index >= 15 is 0 Å². The Morgan fingerprint density at radius 3 is 2.22 bits per heavy atom. The topological polar surface area (TPSA) is 88.2 Å². The minimum atomic E-state index is -4.57. The van der Waals surface area contributed by atoms with Crippen molar-refractivity contribution in [3.05, 3.63) is 40.9 Å². The van der Waals surface area contributed by atoms with E-state index in [-0.39, 0.29) is 5.13 Å². The highest BCUT2D eigenvalue weighted by atomic mass is 32.2. The van der Waals surface area contributed by atoms with Crippen molar-refractivity contribution in [3.63, 3.8) is 0 Å². The highest BCUT2D eigenvalue weighted by molar-refractivity contribution is 7.93. The van der Waals surface area contributed by atoms with Gasteiger partial charge in [-0.2, -0.15) is 13.2 Å². The molecule has 0 aliphatic heterocycles. The molecule has 2 rings (SSSR count). The number of benzene rings is 1. The average molecular weight is 421 g/mol. The number of hydrogen-bond acceptors (Lipinski definition) is 5. The van der Waals surface area contributed by atoms with Gasteiger partial charge in [0.05, 0.1) is 11.2 Å². The molecule has 1 aromatic heterocycles. The first-order valence-electron chi connectivity index (χ1n) is 7.85. The fraction of sp³-hybridized carbons (Fsp3) is 0.375.